The normalized spacial score (nSPS) is 23.9. The van der Waals surface area contributed by atoms with Gasteiger partial charge in [0.1, 0.15) is 5.54 Å². The number of likely N-dealkylation sites (tertiary alicyclic amines) is 1. The summed E-state index contributed by atoms with van der Waals surface area (Å²) in [6, 6.07) is 0.382. The van der Waals surface area contributed by atoms with Gasteiger partial charge in [0.2, 0.25) is 0 Å². The predicted molar refractivity (Wildman–Crippen MR) is 82.8 cm³/mol. The molecule has 0 aromatic heterocycles. The molecule has 0 bridgehead atoms. The molecular weight excluding hydrogens is 252 g/mol. The zero-order valence-electron chi connectivity index (χ0n) is 14.1. The maximum absolute atomic E-state index is 12.1. The number of carbonyl (C=O) groups is 1. The van der Waals surface area contributed by atoms with Crippen molar-refractivity contribution in [2.75, 3.05) is 26.7 Å². The zero-order chi connectivity index (χ0) is 15.4. The first kappa shape index (κ1) is 17.4. The predicted octanol–water partition coefficient (Wildman–Crippen LogP) is 2.43. The van der Waals surface area contributed by atoms with Crippen LogP contribution >= 0.6 is 0 Å². The highest BCUT2D eigenvalue weighted by Gasteiger charge is 2.37. The summed E-state index contributed by atoms with van der Waals surface area (Å²) in [5.74, 6) is -0.147. The lowest BCUT2D eigenvalue weighted by Crippen LogP contribution is -2.54. The van der Waals surface area contributed by atoms with Crippen molar-refractivity contribution in [2.45, 2.75) is 65.5 Å². The molecule has 1 saturated heterocycles. The third-order valence-corrected chi connectivity index (χ3v) is 4.76. The monoisotopic (exact) mass is 284 g/mol. The van der Waals surface area contributed by atoms with Crippen molar-refractivity contribution in [1.29, 1.82) is 0 Å². The Morgan fingerprint density at radius 2 is 1.95 bits per heavy atom. The Balaban J connectivity index is 2.59. The molecule has 4 nitrogen and oxygen atoms in total. The van der Waals surface area contributed by atoms with Crippen molar-refractivity contribution in [2.24, 2.45) is 5.41 Å². The molecule has 4 heteroatoms. The first-order valence-electron chi connectivity index (χ1n) is 7.84. The van der Waals surface area contributed by atoms with Crippen molar-refractivity contribution in [3.8, 4) is 0 Å². The molecule has 1 aliphatic rings. The van der Waals surface area contributed by atoms with Gasteiger partial charge in [-0.25, -0.2) is 0 Å². The number of hydrogen-bond donors (Lipinski definition) is 1. The van der Waals surface area contributed by atoms with Crippen LogP contribution in [0.15, 0.2) is 0 Å². The summed E-state index contributed by atoms with van der Waals surface area (Å²) in [5.41, 5.74) is -0.133. The second-order valence-electron chi connectivity index (χ2n) is 7.06. The standard InChI is InChI=1S/C16H32N2O2/c1-7-20-14(19)16(5,17-6)12-13(2)18-10-8-15(3,4)9-11-18/h13,17H,7-12H2,1-6H3. The fraction of sp³-hybridized carbons (Fsp3) is 0.938. The molecule has 0 radical (unpaired) electrons. The lowest BCUT2D eigenvalue weighted by Gasteiger charge is -2.42. The number of likely N-dealkylation sites (N-methyl/N-ethyl adjacent to an activating group) is 1. The van der Waals surface area contributed by atoms with E-state index in [0.29, 0.717) is 18.1 Å². The summed E-state index contributed by atoms with van der Waals surface area (Å²) in [7, 11) is 1.84. The minimum Gasteiger partial charge on any atom is -0.465 e. The van der Waals surface area contributed by atoms with E-state index < -0.39 is 5.54 Å². The van der Waals surface area contributed by atoms with E-state index in [2.05, 4.69) is 31.0 Å². The van der Waals surface area contributed by atoms with Crippen LogP contribution in [0.5, 0.6) is 0 Å². The molecule has 1 rings (SSSR count). The third kappa shape index (κ3) is 4.45. The second-order valence-corrected chi connectivity index (χ2v) is 7.06. The average molecular weight is 284 g/mol. The van der Waals surface area contributed by atoms with Crippen LogP contribution in [0, 0.1) is 5.41 Å². The van der Waals surface area contributed by atoms with Gasteiger partial charge in [0.05, 0.1) is 6.61 Å². The van der Waals surface area contributed by atoms with Crippen molar-refractivity contribution in [3.05, 3.63) is 0 Å². The highest BCUT2D eigenvalue weighted by molar-refractivity contribution is 5.80. The molecule has 20 heavy (non-hydrogen) atoms. The van der Waals surface area contributed by atoms with E-state index in [4.69, 9.17) is 4.74 Å². The molecule has 0 amide bonds. The van der Waals surface area contributed by atoms with Crippen molar-refractivity contribution in [1.82, 2.24) is 10.2 Å². The van der Waals surface area contributed by atoms with Gasteiger partial charge in [0, 0.05) is 6.04 Å². The van der Waals surface area contributed by atoms with Crippen LogP contribution in [0.1, 0.15) is 53.9 Å². The van der Waals surface area contributed by atoms with E-state index in [0.717, 1.165) is 19.5 Å². The Morgan fingerprint density at radius 3 is 2.40 bits per heavy atom. The molecule has 118 valence electrons. The number of nitrogens with one attached hydrogen (secondary N) is 1. The van der Waals surface area contributed by atoms with Crippen LogP contribution in [0.2, 0.25) is 0 Å². The minimum atomic E-state index is -0.595. The van der Waals surface area contributed by atoms with Crippen molar-refractivity contribution < 1.29 is 9.53 Å². The second kappa shape index (κ2) is 6.90. The average Bonchev–Trinajstić information content (AvgIpc) is 2.38. The fourth-order valence-corrected chi connectivity index (χ4v) is 2.87. The molecule has 1 heterocycles. The number of hydrogen-bond acceptors (Lipinski definition) is 4. The van der Waals surface area contributed by atoms with Gasteiger partial charge in [-0.05, 0) is 65.6 Å². The van der Waals surface area contributed by atoms with Crippen LogP contribution < -0.4 is 5.32 Å². The molecule has 2 unspecified atom stereocenters. The van der Waals surface area contributed by atoms with Gasteiger partial charge < -0.3 is 15.0 Å². The quantitative estimate of drug-likeness (QED) is 0.761. The number of carbonyl (C=O) groups excluding carboxylic acids is 1. The summed E-state index contributed by atoms with van der Waals surface area (Å²) in [4.78, 5) is 14.6. The largest absolute Gasteiger partial charge is 0.465 e. The summed E-state index contributed by atoms with van der Waals surface area (Å²) in [5, 5.41) is 3.15. The number of rotatable bonds is 6. The molecule has 1 aliphatic heterocycles. The van der Waals surface area contributed by atoms with Crippen LogP contribution in [0.3, 0.4) is 0 Å². The summed E-state index contributed by atoms with van der Waals surface area (Å²) < 4.78 is 5.20. The first-order chi connectivity index (χ1) is 9.24. The van der Waals surface area contributed by atoms with Gasteiger partial charge in [0.15, 0.2) is 0 Å². The van der Waals surface area contributed by atoms with Gasteiger partial charge in [-0.1, -0.05) is 13.8 Å². The Kier molecular flexibility index (Phi) is 6.02. The summed E-state index contributed by atoms with van der Waals surface area (Å²) in [6.45, 7) is 13.4. The fourth-order valence-electron chi connectivity index (χ4n) is 2.87. The lowest BCUT2D eigenvalue weighted by atomic mass is 9.81. The number of ether oxygens (including phenoxy) is 1. The molecule has 1 fully saturated rings. The van der Waals surface area contributed by atoms with Crippen LogP contribution in [0.4, 0.5) is 0 Å². The maximum atomic E-state index is 12.1. The van der Waals surface area contributed by atoms with Crippen molar-refractivity contribution in [3.63, 3.8) is 0 Å². The van der Waals surface area contributed by atoms with Gasteiger partial charge in [-0.3, -0.25) is 4.79 Å². The smallest absolute Gasteiger partial charge is 0.326 e. The highest BCUT2D eigenvalue weighted by atomic mass is 16.5. The van der Waals surface area contributed by atoms with Crippen LogP contribution in [-0.4, -0.2) is 49.2 Å². The topological polar surface area (TPSA) is 41.6 Å². The Hall–Kier alpha value is -0.610. The lowest BCUT2D eigenvalue weighted by molar-refractivity contribution is -0.151. The van der Waals surface area contributed by atoms with Gasteiger partial charge >= 0.3 is 5.97 Å². The van der Waals surface area contributed by atoms with Crippen molar-refractivity contribution >= 4 is 5.97 Å². The Labute approximate surface area is 124 Å². The Morgan fingerprint density at radius 1 is 1.40 bits per heavy atom. The number of nitrogens with zero attached hydrogens (tertiary/aromatic N) is 1. The Bertz CT molecular complexity index is 320. The summed E-state index contributed by atoms with van der Waals surface area (Å²) >= 11 is 0. The van der Waals surface area contributed by atoms with E-state index >= 15 is 0 Å². The van der Waals surface area contributed by atoms with E-state index in [1.165, 1.54) is 12.8 Å². The number of esters is 1. The van der Waals surface area contributed by atoms with E-state index in [1.807, 2.05) is 20.9 Å². The molecule has 1 N–H and O–H groups in total. The van der Waals surface area contributed by atoms with E-state index in [1.54, 1.807) is 0 Å². The zero-order valence-corrected chi connectivity index (χ0v) is 14.1. The van der Waals surface area contributed by atoms with E-state index in [9.17, 15) is 4.79 Å². The molecule has 0 aliphatic carbocycles. The number of piperidine rings is 1. The molecule has 0 aromatic rings. The maximum Gasteiger partial charge on any atom is 0.326 e. The van der Waals surface area contributed by atoms with Gasteiger partial charge in [-0.15, -0.1) is 0 Å². The van der Waals surface area contributed by atoms with Gasteiger partial charge in [-0.2, -0.15) is 0 Å². The SMILES string of the molecule is CCOC(=O)C(C)(CC(C)N1CCC(C)(C)CC1)NC. The first-order valence-corrected chi connectivity index (χ1v) is 7.84. The van der Waals surface area contributed by atoms with E-state index in [-0.39, 0.29) is 5.97 Å². The summed E-state index contributed by atoms with van der Waals surface area (Å²) in [6.07, 6.45) is 3.24. The van der Waals surface area contributed by atoms with Crippen LogP contribution in [0.25, 0.3) is 0 Å². The highest BCUT2D eigenvalue weighted by Crippen LogP contribution is 2.31. The molecule has 0 aromatic carbocycles. The molecule has 2 atom stereocenters. The van der Waals surface area contributed by atoms with Gasteiger partial charge in [0.25, 0.3) is 0 Å². The third-order valence-electron chi connectivity index (χ3n) is 4.76. The minimum absolute atomic E-state index is 0.147. The van der Waals surface area contributed by atoms with Crippen LogP contribution in [-0.2, 0) is 9.53 Å². The molecule has 0 spiro atoms. The molecular formula is C16H32N2O2. The molecule has 0 saturated carbocycles.